The predicted molar refractivity (Wildman–Crippen MR) is 88.8 cm³/mol. The van der Waals surface area contributed by atoms with Crippen LogP contribution in [0.1, 0.15) is 5.56 Å². The highest BCUT2D eigenvalue weighted by atomic mass is 15.5. The standard InChI is InChI=1S/C17H16N6/c1-2-4-16(17-19-21-22-20-17)15(3-1)14-7-5-13(6-8-14)11-23-10-9-18-12-23/h1-8,12H,9-11H2,(H,19,20,21,22). The summed E-state index contributed by atoms with van der Waals surface area (Å²) in [5.74, 6) is 0.609. The van der Waals surface area contributed by atoms with Gasteiger partial charge in [-0.05, 0) is 21.9 Å². The fourth-order valence-electron chi connectivity index (χ4n) is 2.77. The highest BCUT2D eigenvalue weighted by molar-refractivity contribution is 5.80. The Morgan fingerprint density at radius 3 is 2.52 bits per heavy atom. The number of H-pyrrole nitrogens is 1. The van der Waals surface area contributed by atoms with E-state index in [1.165, 1.54) is 5.56 Å². The summed E-state index contributed by atoms with van der Waals surface area (Å²) in [4.78, 5) is 6.47. The van der Waals surface area contributed by atoms with Crippen LogP contribution < -0.4 is 0 Å². The Morgan fingerprint density at radius 2 is 1.83 bits per heavy atom. The Kier molecular flexibility index (Phi) is 3.56. The van der Waals surface area contributed by atoms with Crippen LogP contribution in [0.25, 0.3) is 22.5 Å². The van der Waals surface area contributed by atoms with Crippen molar-refractivity contribution in [1.82, 2.24) is 25.5 Å². The molecule has 1 N–H and O–H groups in total. The molecule has 0 fully saturated rings. The van der Waals surface area contributed by atoms with Gasteiger partial charge in [-0.3, -0.25) is 4.99 Å². The van der Waals surface area contributed by atoms with Crippen LogP contribution in [0.3, 0.4) is 0 Å². The summed E-state index contributed by atoms with van der Waals surface area (Å²) in [6.07, 6.45) is 1.93. The van der Waals surface area contributed by atoms with Crippen LogP contribution in [0.4, 0.5) is 0 Å². The number of hydrogen-bond donors (Lipinski definition) is 1. The zero-order valence-electron chi connectivity index (χ0n) is 12.6. The van der Waals surface area contributed by atoms with Crippen LogP contribution in [-0.2, 0) is 6.54 Å². The van der Waals surface area contributed by atoms with E-state index in [0.29, 0.717) is 5.82 Å². The predicted octanol–water partition coefficient (Wildman–Crippen LogP) is 2.38. The van der Waals surface area contributed by atoms with Gasteiger partial charge in [0.2, 0.25) is 5.82 Å². The van der Waals surface area contributed by atoms with Gasteiger partial charge in [-0.2, -0.15) is 5.21 Å². The molecule has 4 rings (SSSR count). The van der Waals surface area contributed by atoms with Crippen LogP contribution in [0.5, 0.6) is 0 Å². The number of nitrogens with zero attached hydrogens (tertiary/aromatic N) is 5. The third kappa shape index (κ3) is 2.83. The summed E-state index contributed by atoms with van der Waals surface area (Å²) in [6.45, 7) is 2.80. The van der Waals surface area contributed by atoms with Gasteiger partial charge >= 0.3 is 0 Å². The first-order valence-electron chi connectivity index (χ1n) is 7.56. The second-order valence-corrected chi connectivity index (χ2v) is 5.47. The normalized spacial score (nSPS) is 13.7. The molecule has 0 saturated carbocycles. The van der Waals surface area contributed by atoms with Crippen LogP contribution >= 0.6 is 0 Å². The second-order valence-electron chi connectivity index (χ2n) is 5.47. The second kappa shape index (κ2) is 6.00. The minimum atomic E-state index is 0.609. The van der Waals surface area contributed by atoms with Crippen molar-refractivity contribution in [1.29, 1.82) is 0 Å². The molecule has 0 atom stereocenters. The summed E-state index contributed by atoms with van der Waals surface area (Å²) in [6, 6.07) is 16.7. The number of hydrogen-bond acceptors (Lipinski definition) is 5. The monoisotopic (exact) mass is 304 g/mol. The van der Waals surface area contributed by atoms with Crippen molar-refractivity contribution >= 4 is 6.34 Å². The zero-order valence-corrected chi connectivity index (χ0v) is 12.6. The van der Waals surface area contributed by atoms with Gasteiger partial charge < -0.3 is 4.90 Å². The molecule has 0 unspecified atom stereocenters. The Morgan fingerprint density at radius 1 is 1.00 bits per heavy atom. The van der Waals surface area contributed by atoms with Crippen LogP contribution in [0.15, 0.2) is 53.5 Å². The van der Waals surface area contributed by atoms with Crippen LogP contribution in [0.2, 0.25) is 0 Å². The summed E-state index contributed by atoms with van der Waals surface area (Å²) in [5.41, 5.74) is 4.49. The van der Waals surface area contributed by atoms with E-state index < -0.39 is 0 Å². The molecule has 0 saturated heterocycles. The minimum Gasteiger partial charge on any atom is -0.357 e. The van der Waals surface area contributed by atoms with Crippen LogP contribution in [-0.4, -0.2) is 45.0 Å². The molecule has 23 heavy (non-hydrogen) atoms. The summed E-state index contributed by atoms with van der Waals surface area (Å²) >= 11 is 0. The molecule has 6 nitrogen and oxygen atoms in total. The Hall–Kier alpha value is -3.02. The van der Waals surface area contributed by atoms with Crippen molar-refractivity contribution in [3.05, 3.63) is 54.1 Å². The van der Waals surface area contributed by atoms with Gasteiger partial charge in [0.25, 0.3) is 0 Å². The molecule has 2 heterocycles. The maximum absolute atomic E-state index is 4.24. The lowest BCUT2D eigenvalue weighted by molar-refractivity contribution is 0.463. The minimum absolute atomic E-state index is 0.609. The number of tetrazole rings is 1. The van der Waals surface area contributed by atoms with Crippen molar-refractivity contribution < 1.29 is 0 Å². The molecule has 1 aromatic heterocycles. The fraction of sp³-hybridized carbons (Fsp3) is 0.176. The number of rotatable bonds is 4. The summed E-state index contributed by atoms with van der Waals surface area (Å²) in [7, 11) is 0. The van der Waals surface area contributed by atoms with Crippen molar-refractivity contribution in [3.8, 4) is 22.5 Å². The molecule has 114 valence electrons. The van der Waals surface area contributed by atoms with E-state index in [1.54, 1.807) is 0 Å². The highest BCUT2D eigenvalue weighted by Gasteiger charge is 2.11. The Balaban J connectivity index is 1.62. The van der Waals surface area contributed by atoms with Gasteiger partial charge in [0.15, 0.2) is 0 Å². The number of aliphatic imine (C=N–C) groups is 1. The molecule has 0 spiro atoms. The maximum Gasteiger partial charge on any atom is 0.205 e. The molecule has 0 amide bonds. The quantitative estimate of drug-likeness (QED) is 0.803. The first-order valence-corrected chi connectivity index (χ1v) is 7.56. The van der Waals surface area contributed by atoms with E-state index in [-0.39, 0.29) is 0 Å². The van der Waals surface area contributed by atoms with E-state index in [9.17, 15) is 0 Å². The van der Waals surface area contributed by atoms with Crippen molar-refractivity contribution in [3.63, 3.8) is 0 Å². The molecular weight excluding hydrogens is 288 g/mol. The molecule has 0 radical (unpaired) electrons. The number of benzene rings is 2. The number of aromatic nitrogens is 4. The topological polar surface area (TPSA) is 70.1 Å². The first-order chi connectivity index (χ1) is 11.4. The number of nitrogens with one attached hydrogen (secondary N) is 1. The third-order valence-corrected chi connectivity index (χ3v) is 3.93. The van der Waals surface area contributed by atoms with E-state index in [4.69, 9.17) is 0 Å². The Bertz CT molecular complexity index is 807. The average Bonchev–Trinajstić information content (AvgIpc) is 3.29. The maximum atomic E-state index is 4.24. The molecule has 2 aromatic carbocycles. The first kappa shape index (κ1) is 13.6. The Labute approximate surface area is 133 Å². The SMILES string of the molecule is C1=NCCN1Cc1ccc(-c2ccccc2-c2nn[nH]n2)cc1. The lowest BCUT2D eigenvalue weighted by atomic mass is 9.98. The summed E-state index contributed by atoms with van der Waals surface area (Å²) < 4.78 is 0. The molecule has 0 aliphatic carbocycles. The van der Waals surface area contributed by atoms with Gasteiger partial charge in [0.1, 0.15) is 0 Å². The molecule has 1 aliphatic heterocycles. The fourth-order valence-corrected chi connectivity index (χ4v) is 2.77. The van der Waals surface area contributed by atoms with Gasteiger partial charge in [-0.1, -0.05) is 48.5 Å². The van der Waals surface area contributed by atoms with Crippen molar-refractivity contribution in [2.75, 3.05) is 13.1 Å². The molecule has 6 heteroatoms. The van der Waals surface area contributed by atoms with Crippen molar-refractivity contribution in [2.45, 2.75) is 6.54 Å². The van der Waals surface area contributed by atoms with E-state index in [1.807, 2.05) is 24.5 Å². The lowest BCUT2D eigenvalue weighted by Crippen LogP contribution is -2.18. The van der Waals surface area contributed by atoms with Crippen molar-refractivity contribution in [2.24, 2.45) is 4.99 Å². The van der Waals surface area contributed by atoms with Gasteiger partial charge in [-0.25, -0.2) is 0 Å². The van der Waals surface area contributed by atoms with Gasteiger partial charge in [-0.15, -0.1) is 10.2 Å². The van der Waals surface area contributed by atoms with Crippen LogP contribution in [0, 0.1) is 0 Å². The van der Waals surface area contributed by atoms with Gasteiger partial charge in [0, 0.05) is 18.7 Å². The molecular formula is C17H16N6. The van der Waals surface area contributed by atoms with E-state index in [2.05, 4.69) is 60.8 Å². The largest absolute Gasteiger partial charge is 0.357 e. The third-order valence-electron chi connectivity index (χ3n) is 3.93. The smallest absolute Gasteiger partial charge is 0.205 e. The van der Waals surface area contributed by atoms with E-state index in [0.717, 1.165) is 36.3 Å². The zero-order chi connectivity index (χ0) is 15.5. The number of aromatic amines is 1. The molecule has 1 aliphatic rings. The van der Waals surface area contributed by atoms with Gasteiger partial charge in [0.05, 0.1) is 12.9 Å². The van der Waals surface area contributed by atoms with E-state index >= 15 is 0 Å². The summed E-state index contributed by atoms with van der Waals surface area (Å²) in [5, 5.41) is 14.3. The highest BCUT2D eigenvalue weighted by Crippen LogP contribution is 2.29. The lowest BCUT2D eigenvalue weighted by Gasteiger charge is -2.14. The molecule has 0 bridgehead atoms. The molecule has 3 aromatic rings. The average molecular weight is 304 g/mol.